The van der Waals surface area contributed by atoms with Crippen molar-refractivity contribution in [2.45, 2.75) is 6.92 Å². The van der Waals surface area contributed by atoms with Crippen LogP contribution in [0.4, 0.5) is 5.69 Å². The quantitative estimate of drug-likeness (QED) is 0.561. The first-order valence-electron chi connectivity index (χ1n) is 4.31. The summed E-state index contributed by atoms with van der Waals surface area (Å²) in [5, 5.41) is 2.83. The topological polar surface area (TPSA) is 65.0 Å². The maximum Gasteiger partial charge on any atom is 0.343 e. The first kappa shape index (κ1) is 11.2. The fourth-order valence-electron chi connectivity index (χ4n) is 0.979. The molecule has 0 unspecified atom stereocenters. The second kappa shape index (κ2) is 5.09. The molecule has 0 fully saturated rings. The van der Waals surface area contributed by atoms with Gasteiger partial charge in [-0.3, -0.25) is 0 Å². The number of nitrogens with zero attached hydrogens (tertiary/aromatic N) is 1. The molecule has 0 saturated carbocycles. The number of benzene rings is 1. The summed E-state index contributed by atoms with van der Waals surface area (Å²) in [4.78, 5) is 21.2. The molecular weight excluding hydrogens is 198 g/mol. The van der Waals surface area contributed by atoms with Crippen molar-refractivity contribution in [1.82, 2.24) is 0 Å². The summed E-state index contributed by atoms with van der Waals surface area (Å²) in [6.45, 7) is 1.58. The number of hydrogen-bond donors (Lipinski definition) is 0. The van der Waals surface area contributed by atoms with Gasteiger partial charge >= 0.3 is 5.97 Å². The monoisotopic (exact) mass is 209 g/mol. The van der Waals surface area contributed by atoms with Gasteiger partial charge in [0, 0.05) is 6.07 Å². The predicted molar refractivity (Wildman–Crippen MR) is 54.1 cm³/mol. The van der Waals surface area contributed by atoms with E-state index in [0.29, 0.717) is 11.4 Å². The molecule has 0 aromatic heterocycles. The molecule has 5 nitrogen and oxygen atoms in total. The summed E-state index contributed by atoms with van der Waals surface area (Å²) < 4.78 is 9.49. The zero-order valence-corrected chi connectivity index (χ0v) is 8.52. The SMILES string of the molecule is COC(=O)COc1ccc(C)c(N=O)c1. The Bertz CT molecular complexity index is 376. The van der Waals surface area contributed by atoms with Crippen LogP contribution in [0.15, 0.2) is 23.4 Å². The highest BCUT2D eigenvalue weighted by molar-refractivity contribution is 5.70. The third-order valence-electron chi connectivity index (χ3n) is 1.86. The molecule has 1 rings (SSSR count). The van der Waals surface area contributed by atoms with Crippen molar-refractivity contribution < 1.29 is 14.3 Å². The van der Waals surface area contributed by atoms with Gasteiger partial charge < -0.3 is 9.47 Å². The van der Waals surface area contributed by atoms with Crippen LogP contribution in [0.2, 0.25) is 0 Å². The van der Waals surface area contributed by atoms with Gasteiger partial charge in [-0.15, -0.1) is 4.91 Å². The van der Waals surface area contributed by atoms with Crippen molar-refractivity contribution in [3.63, 3.8) is 0 Å². The van der Waals surface area contributed by atoms with Crippen LogP contribution in [0.1, 0.15) is 5.56 Å². The van der Waals surface area contributed by atoms with Crippen LogP contribution in [-0.2, 0) is 9.53 Å². The second-order valence-corrected chi connectivity index (χ2v) is 2.90. The van der Waals surface area contributed by atoms with Crippen LogP contribution in [0, 0.1) is 11.8 Å². The van der Waals surface area contributed by atoms with Crippen molar-refractivity contribution in [2.75, 3.05) is 13.7 Å². The molecule has 80 valence electrons. The van der Waals surface area contributed by atoms with Gasteiger partial charge in [0.15, 0.2) is 6.61 Å². The van der Waals surface area contributed by atoms with E-state index < -0.39 is 5.97 Å². The Morgan fingerprint density at radius 2 is 2.20 bits per heavy atom. The van der Waals surface area contributed by atoms with Crippen LogP contribution in [0.5, 0.6) is 5.75 Å². The van der Waals surface area contributed by atoms with E-state index in [-0.39, 0.29) is 6.61 Å². The molecule has 0 aliphatic heterocycles. The Morgan fingerprint density at radius 3 is 2.80 bits per heavy atom. The Morgan fingerprint density at radius 1 is 1.47 bits per heavy atom. The van der Waals surface area contributed by atoms with E-state index in [0.717, 1.165) is 5.56 Å². The lowest BCUT2D eigenvalue weighted by Crippen LogP contribution is -2.12. The minimum absolute atomic E-state index is 0.183. The number of ether oxygens (including phenoxy) is 2. The van der Waals surface area contributed by atoms with E-state index in [1.165, 1.54) is 13.2 Å². The normalized spacial score (nSPS) is 9.47. The number of carbonyl (C=O) groups is 1. The number of rotatable bonds is 4. The van der Waals surface area contributed by atoms with Crippen molar-refractivity contribution in [3.05, 3.63) is 28.7 Å². The van der Waals surface area contributed by atoms with Crippen LogP contribution in [-0.4, -0.2) is 19.7 Å². The van der Waals surface area contributed by atoms with Crippen molar-refractivity contribution in [1.29, 1.82) is 0 Å². The molecule has 1 aromatic rings. The number of hydrogen-bond acceptors (Lipinski definition) is 5. The Labute approximate surface area is 87.0 Å². The molecule has 0 atom stereocenters. The van der Waals surface area contributed by atoms with Gasteiger partial charge in [-0.25, -0.2) is 4.79 Å². The van der Waals surface area contributed by atoms with Gasteiger partial charge in [0.1, 0.15) is 11.4 Å². The Balaban J connectivity index is 2.70. The Hall–Kier alpha value is -1.91. The summed E-state index contributed by atoms with van der Waals surface area (Å²) in [5.41, 5.74) is 1.06. The van der Waals surface area contributed by atoms with E-state index >= 15 is 0 Å². The zero-order chi connectivity index (χ0) is 11.3. The molecule has 0 saturated heterocycles. The first-order valence-corrected chi connectivity index (χ1v) is 4.31. The second-order valence-electron chi connectivity index (χ2n) is 2.90. The van der Waals surface area contributed by atoms with Gasteiger partial charge in [0.05, 0.1) is 7.11 Å². The number of carbonyl (C=O) groups excluding carboxylic acids is 1. The highest BCUT2D eigenvalue weighted by Gasteiger charge is 2.04. The van der Waals surface area contributed by atoms with E-state index in [1.807, 2.05) is 0 Å². The summed E-state index contributed by atoms with van der Waals surface area (Å²) in [6, 6.07) is 4.83. The van der Waals surface area contributed by atoms with Crippen molar-refractivity contribution in [3.8, 4) is 5.75 Å². The summed E-state index contributed by atoms with van der Waals surface area (Å²) in [6.07, 6.45) is 0. The molecule has 0 aliphatic carbocycles. The average molecular weight is 209 g/mol. The largest absolute Gasteiger partial charge is 0.482 e. The highest BCUT2D eigenvalue weighted by Crippen LogP contribution is 2.24. The maximum atomic E-state index is 10.8. The van der Waals surface area contributed by atoms with Crippen LogP contribution < -0.4 is 4.74 Å². The number of esters is 1. The molecule has 0 N–H and O–H groups in total. The fourth-order valence-corrected chi connectivity index (χ4v) is 0.979. The van der Waals surface area contributed by atoms with Crippen molar-refractivity contribution in [2.24, 2.45) is 5.18 Å². The minimum Gasteiger partial charge on any atom is -0.482 e. The Kier molecular flexibility index (Phi) is 3.79. The number of aryl methyl sites for hydroxylation is 1. The summed E-state index contributed by atoms with van der Waals surface area (Å²) >= 11 is 0. The average Bonchev–Trinajstić information content (AvgIpc) is 2.27. The van der Waals surface area contributed by atoms with Gasteiger partial charge in [-0.2, -0.15) is 0 Å². The zero-order valence-electron chi connectivity index (χ0n) is 8.52. The molecule has 5 heteroatoms. The third kappa shape index (κ3) is 3.05. The molecule has 1 aromatic carbocycles. The molecule has 0 spiro atoms. The van der Waals surface area contributed by atoms with Gasteiger partial charge in [0.2, 0.25) is 0 Å². The summed E-state index contributed by atoms with van der Waals surface area (Å²) in [7, 11) is 1.28. The van der Waals surface area contributed by atoms with Gasteiger partial charge in [-0.1, -0.05) is 6.07 Å². The maximum absolute atomic E-state index is 10.8. The molecule has 0 radical (unpaired) electrons. The lowest BCUT2D eigenvalue weighted by atomic mass is 10.2. The number of nitroso groups, excluding NO2 is 1. The van der Waals surface area contributed by atoms with Crippen LogP contribution in [0.25, 0.3) is 0 Å². The molecule has 0 amide bonds. The van der Waals surface area contributed by atoms with E-state index in [9.17, 15) is 9.70 Å². The van der Waals surface area contributed by atoms with E-state index in [4.69, 9.17) is 4.74 Å². The molecule has 0 aliphatic rings. The molecule has 0 heterocycles. The lowest BCUT2D eigenvalue weighted by Gasteiger charge is -2.05. The first-order chi connectivity index (χ1) is 7.17. The highest BCUT2D eigenvalue weighted by atomic mass is 16.6. The standard InChI is InChI=1S/C10H11NO4/c1-7-3-4-8(5-9(7)11-13)15-6-10(12)14-2/h3-5H,6H2,1-2H3. The molecule has 0 bridgehead atoms. The van der Waals surface area contributed by atoms with Crippen molar-refractivity contribution >= 4 is 11.7 Å². The smallest absolute Gasteiger partial charge is 0.343 e. The third-order valence-corrected chi connectivity index (χ3v) is 1.86. The van der Waals surface area contributed by atoms with Gasteiger partial charge in [0.25, 0.3) is 0 Å². The minimum atomic E-state index is -0.476. The van der Waals surface area contributed by atoms with E-state index in [1.54, 1.807) is 19.1 Å². The molecule has 15 heavy (non-hydrogen) atoms. The van der Waals surface area contributed by atoms with Crippen LogP contribution >= 0.6 is 0 Å². The molecular formula is C10H11NO4. The van der Waals surface area contributed by atoms with Crippen LogP contribution in [0.3, 0.4) is 0 Å². The summed E-state index contributed by atoms with van der Waals surface area (Å²) in [5.74, 6) is -0.0585. The predicted octanol–water partition coefficient (Wildman–Crippen LogP) is 1.94. The number of methoxy groups -OCH3 is 1. The fraction of sp³-hybridized carbons (Fsp3) is 0.300. The van der Waals surface area contributed by atoms with Gasteiger partial charge in [-0.05, 0) is 23.7 Å². The van der Waals surface area contributed by atoms with E-state index in [2.05, 4.69) is 9.91 Å². The lowest BCUT2D eigenvalue weighted by molar-refractivity contribution is -0.142.